The molecular weight excluding hydrogens is 342 g/mol. The van der Waals surface area contributed by atoms with E-state index in [0.717, 1.165) is 18.7 Å². The van der Waals surface area contributed by atoms with E-state index in [1.165, 1.54) is 21.6 Å². The minimum atomic E-state index is 0.349. The molecule has 0 heterocycles. The summed E-state index contributed by atoms with van der Waals surface area (Å²) in [6.07, 6.45) is 1.07. The van der Waals surface area contributed by atoms with E-state index in [2.05, 4.69) is 55.9 Å². The van der Waals surface area contributed by atoms with Gasteiger partial charge in [0.25, 0.3) is 0 Å². The number of rotatable bonds is 8. The average Bonchev–Trinajstić information content (AvgIpc) is 2.67. The van der Waals surface area contributed by atoms with Crippen LogP contribution < -0.4 is 20.3 Å². The van der Waals surface area contributed by atoms with E-state index in [-0.39, 0.29) is 0 Å². The highest BCUT2D eigenvalue weighted by Crippen LogP contribution is 2.12. The van der Waals surface area contributed by atoms with Crippen LogP contribution in [0.5, 0.6) is 5.75 Å². The van der Waals surface area contributed by atoms with Crippen molar-refractivity contribution in [1.82, 2.24) is 10.6 Å². The van der Waals surface area contributed by atoms with Crippen LogP contribution in [0.25, 0.3) is 0 Å². The second-order valence-corrected chi connectivity index (χ2v) is 7.04. The first kappa shape index (κ1) is 20.2. The normalized spacial score (nSPS) is 11.9. The lowest BCUT2D eigenvalue weighted by molar-refractivity contribution is -0.890. The molecule has 0 spiro atoms. The lowest BCUT2D eigenvalue weighted by Gasteiger charge is -2.23. The third kappa shape index (κ3) is 6.00. The van der Waals surface area contributed by atoms with Gasteiger partial charge in [-0.15, -0.1) is 0 Å². The van der Waals surface area contributed by atoms with Gasteiger partial charge in [-0.3, -0.25) is 0 Å². The number of hydrogen-bond donors (Lipinski definition) is 3. The van der Waals surface area contributed by atoms with Gasteiger partial charge in [-0.1, -0.05) is 43.3 Å². The van der Waals surface area contributed by atoms with Crippen molar-refractivity contribution in [1.29, 1.82) is 0 Å². The third-order valence-electron chi connectivity index (χ3n) is 4.57. The Balaban J connectivity index is 1.86. The number of thiocarbonyl (C=S) groups is 1. The minimum absolute atomic E-state index is 0.349. The number of hydrogen-bond acceptors (Lipinski definition) is 2. The molecule has 0 saturated carbocycles. The van der Waals surface area contributed by atoms with Crippen LogP contribution in [0.4, 0.5) is 0 Å². The first-order valence-corrected chi connectivity index (χ1v) is 9.47. The molecule has 0 aliphatic carbocycles. The van der Waals surface area contributed by atoms with E-state index in [0.29, 0.717) is 17.7 Å². The molecule has 0 amide bonds. The van der Waals surface area contributed by atoms with Crippen LogP contribution in [0.3, 0.4) is 0 Å². The van der Waals surface area contributed by atoms with Crippen molar-refractivity contribution in [2.24, 2.45) is 0 Å². The highest BCUT2D eigenvalue weighted by Gasteiger charge is 2.17. The molecule has 0 unspecified atom stereocenters. The summed E-state index contributed by atoms with van der Waals surface area (Å²) in [5.74, 6) is 0.861. The predicted molar refractivity (Wildman–Crippen MR) is 112 cm³/mol. The Morgan fingerprint density at radius 1 is 1.00 bits per heavy atom. The van der Waals surface area contributed by atoms with Gasteiger partial charge in [-0.25, -0.2) is 0 Å². The third-order valence-corrected chi connectivity index (χ3v) is 4.85. The number of likely N-dealkylation sites (N-methyl/N-ethyl adjacent to an activating group) is 1. The van der Waals surface area contributed by atoms with Crippen LogP contribution in [-0.4, -0.2) is 32.9 Å². The Morgan fingerprint density at radius 3 is 2.15 bits per heavy atom. The number of nitrogens with one attached hydrogen (secondary N) is 3. The summed E-state index contributed by atoms with van der Waals surface area (Å²) in [4.78, 5) is 1.37. The van der Waals surface area contributed by atoms with E-state index in [1.807, 2.05) is 24.3 Å². The smallest absolute Gasteiger partial charge is 0.166 e. The molecule has 0 fully saturated rings. The van der Waals surface area contributed by atoms with Crippen molar-refractivity contribution < 1.29 is 9.64 Å². The van der Waals surface area contributed by atoms with Gasteiger partial charge >= 0.3 is 0 Å². The average molecular weight is 373 g/mol. The Bertz CT molecular complexity index is 683. The maximum atomic E-state index is 5.44. The van der Waals surface area contributed by atoms with Gasteiger partial charge in [0.05, 0.1) is 27.7 Å². The zero-order valence-corrected chi connectivity index (χ0v) is 17.0. The summed E-state index contributed by atoms with van der Waals surface area (Å²) >= 11 is 5.44. The SMILES string of the molecule is CCc1ccc([C@@H](CNC(=S)NCc2ccc(OC)cc2)[NH+](C)C)cc1. The van der Waals surface area contributed by atoms with Crippen molar-refractivity contribution in [3.8, 4) is 5.75 Å². The molecule has 2 aromatic rings. The molecule has 2 aromatic carbocycles. The fourth-order valence-electron chi connectivity index (χ4n) is 2.82. The van der Waals surface area contributed by atoms with Crippen LogP contribution in [0.15, 0.2) is 48.5 Å². The maximum Gasteiger partial charge on any atom is 0.166 e. The van der Waals surface area contributed by atoms with E-state index >= 15 is 0 Å². The maximum absolute atomic E-state index is 5.44. The lowest BCUT2D eigenvalue weighted by Crippen LogP contribution is -3.07. The molecule has 0 aliphatic rings. The predicted octanol–water partition coefficient (Wildman–Crippen LogP) is 2.11. The number of aryl methyl sites for hydroxylation is 1. The fourth-order valence-corrected chi connectivity index (χ4v) is 2.98. The van der Waals surface area contributed by atoms with Crippen molar-refractivity contribution in [2.75, 3.05) is 27.7 Å². The summed E-state index contributed by atoms with van der Waals surface area (Å²) in [5, 5.41) is 7.31. The Hall–Kier alpha value is -2.11. The summed E-state index contributed by atoms with van der Waals surface area (Å²) < 4.78 is 5.18. The van der Waals surface area contributed by atoms with E-state index < -0.39 is 0 Å². The highest BCUT2D eigenvalue weighted by atomic mass is 32.1. The summed E-state index contributed by atoms with van der Waals surface area (Å²) in [7, 11) is 6.02. The molecule has 0 aliphatic heterocycles. The van der Waals surface area contributed by atoms with Gasteiger partial charge in [0.15, 0.2) is 5.11 Å². The van der Waals surface area contributed by atoms with Crippen molar-refractivity contribution in [3.05, 3.63) is 65.2 Å². The summed E-state index contributed by atoms with van der Waals surface area (Å²) in [6, 6.07) is 17.2. The van der Waals surface area contributed by atoms with Gasteiger partial charge in [0.2, 0.25) is 0 Å². The molecule has 0 radical (unpaired) electrons. The van der Waals surface area contributed by atoms with Gasteiger partial charge in [-0.2, -0.15) is 0 Å². The minimum Gasteiger partial charge on any atom is -0.497 e. The topological polar surface area (TPSA) is 37.7 Å². The number of benzene rings is 2. The summed E-state index contributed by atoms with van der Waals surface area (Å²) in [6.45, 7) is 3.67. The Labute approximate surface area is 162 Å². The fraction of sp³-hybridized carbons (Fsp3) is 0.381. The second-order valence-electron chi connectivity index (χ2n) is 6.64. The lowest BCUT2D eigenvalue weighted by atomic mass is 10.0. The molecule has 1 atom stereocenters. The zero-order chi connectivity index (χ0) is 18.9. The molecule has 4 nitrogen and oxygen atoms in total. The molecule has 3 N–H and O–H groups in total. The molecule has 0 bridgehead atoms. The number of methoxy groups -OCH3 is 1. The quantitative estimate of drug-likeness (QED) is 0.621. The second kappa shape index (κ2) is 10.1. The Morgan fingerprint density at radius 2 is 1.62 bits per heavy atom. The first-order chi connectivity index (χ1) is 12.5. The molecule has 5 heteroatoms. The summed E-state index contributed by atoms with van der Waals surface area (Å²) in [5.41, 5.74) is 3.86. The molecular formula is C21H30N3OS+. The molecule has 140 valence electrons. The Kier molecular flexibility index (Phi) is 7.88. The first-order valence-electron chi connectivity index (χ1n) is 9.07. The number of ether oxygens (including phenoxy) is 1. The van der Waals surface area contributed by atoms with Crippen molar-refractivity contribution in [3.63, 3.8) is 0 Å². The molecule has 2 rings (SSSR count). The van der Waals surface area contributed by atoms with Gasteiger partial charge in [-0.05, 0) is 41.9 Å². The van der Waals surface area contributed by atoms with Gasteiger partial charge < -0.3 is 20.3 Å². The van der Waals surface area contributed by atoms with Gasteiger partial charge in [0.1, 0.15) is 11.8 Å². The highest BCUT2D eigenvalue weighted by molar-refractivity contribution is 7.80. The molecule has 26 heavy (non-hydrogen) atoms. The molecule has 0 aromatic heterocycles. The monoisotopic (exact) mass is 372 g/mol. The van der Waals surface area contributed by atoms with Crippen LogP contribution >= 0.6 is 12.2 Å². The van der Waals surface area contributed by atoms with E-state index in [1.54, 1.807) is 7.11 Å². The van der Waals surface area contributed by atoms with Crippen LogP contribution in [0, 0.1) is 0 Å². The van der Waals surface area contributed by atoms with Crippen molar-refractivity contribution >= 4 is 17.3 Å². The zero-order valence-electron chi connectivity index (χ0n) is 16.1. The largest absolute Gasteiger partial charge is 0.497 e. The van der Waals surface area contributed by atoms with E-state index in [9.17, 15) is 0 Å². The van der Waals surface area contributed by atoms with Crippen LogP contribution in [0.1, 0.15) is 29.7 Å². The standard InChI is InChI=1S/C21H29N3OS/c1-5-16-6-10-18(11-7-16)20(24(2)3)15-23-21(26)22-14-17-8-12-19(25-4)13-9-17/h6-13,20H,5,14-15H2,1-4H3,(H2,22,23,26)/p+1/t20-/m1/s1. The number of quaternary nitrogens is 1. The van der Waals surface area contributed by atoms with Gasteiger partial charge in [0, 0.05) is 12.1 Å². The van der Waals surface area contributed by atoms with Crippen molar-refractivity contribution in [2.45, 2.75) is 25.9 Å². The van der Waals surface area contributed by atoms with E-state index in [4.69, 9.17) is 17.0 Å². The van der Waals surface area contributed by atoms with Crippen LogP contribution in [-0.2, 0) is 13.0 Å². The van der Waals surface area contributed by atoms with Crippen LogP contribution in [0.2, 0.25) is 0 Å². The molecule has 0 saturated heterocycles.